The Balaban J connectivity index is 1.74. The highest BCUT2D eigenvalue weighted by molar-refractivity contribution is 5.72. The highest BCUT2D eigenvalue weighted by Gasteiger charge is 2.12. The molecule has 0 unspecified atom stereocenters. The van der Waals surface area contributed by atoms with E-state index in [1.807, 2.05) is 0 Å². The Bertz CT molecular complexity index is 675. The van der Waals surface area contributed by atoms with Crippen molar-refractivity contribution in [2.45, 2.75) is 83.3 Å². The van der Waals surface area contributed by atoms with E-state index in [2.05, 4.69) is 30.4 Å². The van der Waals surface area contributed by atoms with Gasteiger partial charge in [-0.25, -0.2) is 4.98 Å². The molecule has 0 bridgehead atoms. The molecule has 162 valence electrons. The van der Waals surface area contributed by atoms with Crippen LogP contribution in [-0.2, 0) is 22.4 Å². The highest BCUT2D eigenvalue weighted by atomic mass is 16.5. The number of fused-ring (bicyclic) bond motifs is 1. The van der Waals surface area contributed by atoms with Crippen molar-refractivity contribution in [2.24, 2.45) is 5.73 Å². The second-order valence-electron chi connectivity index (χ2n) is 8.04. The zero-order valence-electron chi connectivity index (χ0n) is 18.0. The molecule has 0 aliphatic carbocycles. The van der Waals surface area contributed by atoms with Gasteiger partial charge in [0.1, 0.15) is 11.9 Å². The number of allylic oxidation sites excluding steroid dienone is 1. The Kier molecular flexibility index (Phi) is 10.2. The number of unbranched alkanes of at least 4 members (excludes halogenated alkanes) is 2. The number of anilines is 1. The van der Waals surface area contributed by atoms with E-state index < -0.39 is 12.0 Å². The zero-order chi connectivity index (χ0) is 21.1. The lowest BCUT2D eigenvalue weighted by Gasteiger charge is -2.17. The van der Waals surface area contributed by atoms with Crippen molar-refractivity contribution in [2.75, 3.05) is 19.0 Å². The molecule has 6 heteroatoms. The molecule has 0 aromatic carbocycles. The van der Waals surface area contributed by atoms with E-state index in [1.54, 1.807) is 7.11 Å². The summed E-state index contributed by atoms with van der Waals surface area (Å²) in [5.41, 5.74) is 9.45. The number of carbonyl (C=O) groups is 1. The summed E-state index contributed by atoms with van der Waals surface area (Å²) in [4.78, 5) is 15.6. The number of pyridine rings is 1. The molecule has 2 heterocycles. The smallest absolute Gasteiger partial charge is 0.320 e. The number of aromatic nitrogens is 1. The van der Waals surface area contributed by atoms with Crippen LogP contribution in [0.5, 0.6) is 0 Å². The van der Waals surface area contributed by atoms with Crippen molar-refractivity contribution in [3.05, 3.63) is 35.0 Å². The van der Waals surface area contributed by atoms with Crippen molar-refractivity contribution >= 4 is 11.8 Å². The Labute approximate surface area is 174 Å². The summed E-state index contributed by atoms with van der Waals surface area (Å²) in [6.45, 7) is 3.09. The minimum Gasteiger partial charge on any atom is -0.480 e. The summed E-state index contributed by atoms with van der Waals surface area (Å²) in [5.74, 6) is 0.142. The molecule has 0 amide bonds. The molecule has 0 radical (unpaired) electrons. The van der Waals surface area contributed by atoms with Crippen LogP contribution in [0.25, 0.3) is 0 Å². The zero-order valence-corrected chi connectivity index (χ0v) is 18.0. The SMILES string of the molecule is CO[C@H](C)C/C(=C\CC[C@H](N)C(=O)O)CCCCCc1ccc2c(n1)NCCC2. The second-order valence-corrected chi connectivity index (χ2v) is 8.04. The molecule has 4 N–H and O–H groups in total. The molecule has 2 rings (SSSR count). The molecule has 2 atom stereocenters. The number of methoxy groups -OCH3 is 1. The number of nitrogens with zero attached hydrogens (tertiary/aromatic N) is 1. The Hall–Kier alpha value is -1.92. The summed E-state index contributed by atoms with van der Waals surface area (Å²) in [5, 5.41) is 12.3. The normalized spacial score (nSPS) is 16.0. The monoisotopic (exact) mass is 403 g/mol. The summed E-state index contributed by atoms with van der Waals surface area (Å²) in [6.07, 6.45) is 12.1. The number of nitrogens with one attached hydrogen (secondary N) is 1. The van der Waals surface area contributed by atoms with Crippen molar-refractivity contribution < 1.29 is 14.6 Å². The highest BCUT2D eigenvalue weighted by Crippen LogP contribution is 2.21. The number of nitrogens with two attached hydrogens (primary N) is 1. The van der Waals surface area contributed by atoms with Crippen LogP contribution in [-0.4, -0.2) is 41.9 Å². The first-order valence-corrected chi connectivity index (χ1v) is 10.9. The third kappa shape index (κ3) is 8.54. The predicted octanol–water partition coefficient (Wildman–Crippen LogP) is 4.09. The van der Waals surface area contributed by atoms with Gasteiger partial charge in [-0.3, -0.25) is 4.79 Å². The quantitative estimate of drug-likeness (QED) is 0.339. The maximum absolute atomic E-state index is 10.9. The summed E-state index contributed by atoms with van der Waals surface area (Å²) in [6, 6.07) is 3.60. The number of aliphatic carboxylic acids is 1. The maximum atomic E-state index is 10.9. The van der Waals surface area contributed by atoms with Crippen LogP contribution in [0.3, 0.4) is 0 Å². The fraction of sp³-hybridized carbons (Fsp3) is 0.652. The molecular formula is C23H37N3O3. The minimum atomic E-state index is -0.934. The van der Waals surface area contributed by atoms with Gasteiger partial charge in [0.05, 0.1) is 6.10 Å². The number of hydrogen-bond donors (Lipinski definition) is 3. The predicted molar refractivity (Wildman–Crippen MR) is 117 cm³/mol. The molecule has 1 aromatic heterocycles. The lowest BCUT2D eigenvalue weighted by molar-refractivity contribution is -0.138. The van der Waals surface area contributed by atoms with E-state index in [1.165, 1.54) is 23.3 Å². The van der Waals surface area contributed by atoms with E-state index in [0.29, 0.717) is 12.8 Å². The van der Waals surface area contributed by atoms with Gasteiger partial charge in [-0.1, -0.05) is 24.1 Å². The molecular weight excluding hydrogens is 366 g/mol. The number of ether oxygens (including phenoxy) is 1. The number of rotatable bonds is 13. The van der Waals surface area contributed by atoms with Crippen LogP contribution in [0.1, 0.15) is 69.5 Å². The van der Waals surface area contributed by atoms with E-state index in [-0.39, 0.29) is 6.10 Å². The van der Waals surface area contributed by atoms with Crippen LogP contribution in [0.2, 0.25) is 0 Å². The van der Waals surface area contributed by atoms with Crippen LogP contribution in [0, 0.1) is 0 Å². The van der Waals surface area contributed by atoms with E-state index in [0.717, 1.165) is 57.3 Å². The van der Waals surface area contributed by atoms with Gasteiger partial charge < -0.3 is 20.9 Å². The van der Waals surface area contributed by atoms with Gasteiger partial charge >= 0.3 is 5.97 Å². The number of carboxylic acid groups (broad SMARTS) is 1. The third-order valence-electron chi connectivity index (χ3n) is 5.56. The van der Waals surface area contributed by atoms with Gasteiger partial charge in [-0.05, 0) is 76.3 Å². The summed E-state index contributed by atoms with van der Waals surface area (Å²) < 4.78 is 5.40. The standard InChI is InChI=1S/C23H37N3O3/c1-17(29-2)16-18(9-6-12-21(24)23(27)28)8-4-3-5-11-20-14-13-19-10-7-15-25-22(19)26-20/h9,13-14,17,21H,3-8,10-12,15-16,24H2,1-2H3,(H,25,26)(H,27,28)/b18-9-/t17-,21+/m1/s1. The topological polar surface area (TPSA) is 97.5 Å². The van der Waals surface area contributed by atoms with Crippen molar-refractivity contribution in [1.82, 2.24) is 4.98 Å². The fourth-order valence-corrected chi connectivity index (χ4v) is 3.67. The first-order valence-electron chi connectivity index (χ1n) is 10.9. The van der Waals surface area contributed by atoms with Gasteiger partial charge in [0.15, 0.2) is 0 Å². The van der Waals surface area contributed by atoms with E-state index in [9.17, 15) is 4.79 Å². The Morgan fingerprint density at radius 2 is 2.21 bits per heavy atom. The van der Waals surface area contributed by atoms with Crippen molar-refractivity contribution in [1.29, 1.82) is 0 Å². The minimum absolute atomic E-state index is 0.168. The molecule has 1 aliphatic rings. The molecule has 6 nitrogen and oxygen atoms in total. The van der Waals surface area contributed by atoms with Gasteiger partial charge in [0.2, 0.25) is 0 Å². The third-order valence-corrected chi connectivity index (χ3v) is 5.56. The fourth-order valence-electron chi connectivity index (χ4n) is 3.67. The Morgan fingerprint density at radius 3 is 2.97 bits per heavy atom. The molecule has 0 saturated carbocycles. The van der Waals surface area contributed by atoms with Crippen LogP contribution >= 0.6 is 0 Å². The van der Waals surface area contributed by atoms with Crippen LogP contribution in [0.15, 0.2) is 23.8 Å². The van der Waals surface area contributed by atoms with E-state index >= 15 is 0 Å². The lowest BCUT2D eigenvalue weighted by Crippen LogP contribution is -2.29. The van der Waals surface area contributed by atoms with Crippen molar-refractivity contribution in [3.8, 4) is 0 Å². The molecule has 1 aromatic rings. The second kappa shape index (κ2) is 12.6. The Morgan fingerprint density at radius 1 is 1.38 bits per heavy atom. The summed E-state index contributed by atoms with van der Waals surface area (Å²) in [7, 11) is 1.73. The first-order chi connectivity index (χ1) is 14.0. The van der Waals surface area contributed by atoms with Gasteiger partial charge in [0.25, 0.3) is 0 Å². The van der Waals surface area contributed by atoms with Gasteiger partial charge in [-0.2, -0.15) is 0 Å². The first kappa shape index (κ1) is 23.4. The average molecular weight is 404 g/mol. The molecule has 0 fully saturated rings. The summed E-state index contributed by atoms with van der Waals surface area (Å²) >= 11 is 0. The number of carboxylic acids is 1. The van der Waals surface area contributed by atoms with Gasteiger partial charge in [-0.15, -0.1) is 0 Å². The van der Waals surface area contributed by atoms with Crippen LogP contribution in [0.4, 0.5) is 5.82 Å². The maximum Gasteiger partial charge on any atom is 0.320 e. The molecule has 1 aliphatic heterocycles. The molecule has 0 spiro atoms. The molecule has 0 saturated heterocycles. The van der Waals surface area contributed by atoms with E-state index in [4.69, 9.17) is 20.6 Å². The number of hydrogen-bond acceptors (Lipinski definition) is 5. The van der Waals surface area contributed by atoms with Gasteiger partial charge in [0, 0.05) is 19.3 Å². The molecule has 29 heavy (non-hydrogen) atoms. The lowest BCUT2D eigenvalue weighted by atomic mass is 9.98. The van der Waals surface area contributed by atoms with Crippen molar-refractivity contribution in [3.63, 3.8) is 0 Å². The van der Waals surface area contributed by atoms with Crippen LogP contribution < -0.4 is 11.1 Å². The average Bonchev–Trinajstić information content (AvgIpc) is 2.72. The number of aryl methyl sites for hydroxylation is 2. The largest absolute Gasteiger partial charge is 0.480 e.